The molecule has 0 radical (unpaired) electrons. The van der Waals surface area contributed by atoms with Crippen molar-refractivity contribution in [1.29, 1.82) is 0 Å². The predicted octanol–water partition coefficient (Wildman–Crippen LogP) is 2.29. The first-order valence-electron chi connectivity index (χ1n) is 6.21. The number of carbonyl (C=O) groups excluding carboxylic acids is 1. The lowest BCUT2D eigenvalue weighted by Gasteiger charge is -2.21. The van der Waals surface area contributed by atoms with E-state index < -0.39 is 22.5 Å². The first-order chi connectivity index (χ1) is 9.82. The van der Waals surface area contributed by atoms with Gasteiger partial charge in [0.15, 0.2) is 0 Å². The Morgan fingerprint density at radius 1 is 1.38 bits per heavy atom. The Balaban J connectivity index is 3.16. The number of halogens is 2. The summed E-state index contributed by atoms with van der Waals surface area (Å²) in [5, 5.41) is 8.86. The number of amides is 1. The molecule has 0 unspecified atom stereocenters. The van der Waals surface area contributed by atoms with Gasteiger partial charge in [0.2, 0.25) is 10.0 Å². The lowest BCUT2D eigenvalue weighted by molar-refractivity contribution is -0.129. The lowest BCUT2D eigenvalue weighted by atomic mass is 10.3. The van der Waals surface area contributed by atoms with Crippen LogP contribution < -0.4 is 5.48 Å². The summed E-state index contributed by atoms with van der Waals surface area (Å²) < 4.78 is 26.1. The van der Waals surface area contributed by atoms with Crippen molar-refractivity contribution in [2.75, 3.05) is 13.1 Å². The Morgan fingerprint density at radius 2 is 2.05 bits per heavy atom. The number of benzene rings is 1. The van der Waals surface area contributed by atoms with Gasteiger partial charge in [-0.15, -0.1) is 0 Å². The van der Waals surface area contributed by atoms with E-state index in [1.165, 1.54) is 23.7 Å². The number of rotatable bonds is 7. The molecule has 0 bridgehead atoms. The molecule has 0 atom stereocenters. The van der Waals surface area contributed by atoms with E-state index in [9.17, 15) is 13.2 Å². The number of nitrogens with zero attached hydrogens (tertiary/aromatic N) is 1. The first-order valence-corrected chi connectivity index (χ1v) is 8.40. The van der Waals surface area contributed by atoms with Gasteiger partial charge in [-0.05, 0) is 24.6 Å². The molecule has 0 fully saturated rings. The van der Waals surface area contributed by atoms with Crippen molar-refractivity contribution >= 4 is 39.1 Å². The van der Waals surface area contributed by atoms with Crippen molar-refractivity contribution in [1.82, 2.24) is 9.79 Å². The Labute approximate surface area is 133 Å². The van der Waals surface area contributed by atoms with E-state index in [0.717, 1.165) is 10.7 Å². The van der Waals surface area contributed by atoms with Crippen LogP contribution in [-0.2, 0) is 14.8 Å². The highest BCUT2D eigenvalue weighted by atomic mass is 35.5. The Morgan fingerprint density at radius 3 is 2.57 bits per heavy atom. The van der Waals surface area contributed by atoms with Crippen LogP contribution in [0.2, 0.25) is 10.0 Å². The largest absolute Gasteiger partial charge is 0.289 e. The molecule has 1 rings (SSSR count). The second-order valence-electron chi connectivity index (χ2n) is 4.30. The molecular weight excluding hydrogens is 339 g/mol. The van der Waals surface area contributed by atoms with Gasteiger partial charge < -0.3 is 0 Å². The summed E-state index contributed by atoms with van der Waals surface area (Å²) in [5.74, 6) is -0.820. The fourth-order valence-electron chi connectivity index (χ4n) is 1.64. The minimum atomic E-state index is -3.96. The van der Waals surface area contributed by atoms with E-state index in [2.05, 4.69) is 0 Å². The van der Waals surface area contributed by atoms with Gasteiger partial charge in [0.05, 0.1) is 11.6 Å². The molecule has 0 aliphatic heterocycles. The number of hydrogen-bond acceptors (Lipinski definition) is 4. The topological polar surface area (TPSA) is 86.7 Å². The molecule has 0 aromatic heterocycles. The average Bonchev–Trinajstić information content (AvgIpc) is 2.42. The number of hydrogen-bond donors (Lipinski definition) is 2. The van der Waals surface area contributed by atoms with Crippen molar-refractivity contribution in [2.45, 2.75) is 24.7 Å². The second-order valence-corrected chi connectivity index (χ2v) is 7.05. The molecule has 1 aromatic rings. The number of unbranched alkanes of at least 4 members (excludes halogenated alkanes) is 1. The van der Waals surface area contributed by atoms with Crippen LogP contribution in [0.3, 0.4) is 0 Å². The third kappa shape index (κ3) is 4.82. The van der Waals surface area contributed by atoms with E-state index in [1.54, 1.807) is 0 Å². The van der Waals surface area contributed by atoms with Crippen LogP contribution in [0.1, 0.15) is 19.8 Å². The summed E-state index contributed by atoms with van der Waals surface area (Å²) in [5.41, 5.74) is 1.42. The average molecular weight is 355 g/mol. The summed E-state index contributed by atoms with van der Waals surface area (Å²) in [4.78, 5) is 11.2. The summed E-state index contributed by atoms with van der Waals surface area (Å²) in [6.07, 6.45) is 1.32. The standard InChI is InChI=1S/C12H16Cl2N2O4S/c1-2-3-6-16(8-12(17)15-18)21(19,20)11-5-4-9(13)7-10(11)14/h4-5,7,18H,2-3,6,8H2,1H3,(H,15,17). The molecule has 118 valence electrons. The predicted molar refractivity (Wildman–Crippen MR) is 80.1 cm³/mol. The molecule has 1 amide bonds. The highest BCUT2D eigenvalue weighted by Crippen LogP contribution is 2.27. The zero-order valence-corrected chi connectivity index (χ0v) is 13.7. The summed E-state index contributed by atoms with van der Waals surface area (Å²) in [6, 6.07) is 4.01. The Hall–Kier alpha value is -0.860. The van der Waals surface area contributed by atoms with Gasteiger partial charge in [-0.2, -0.15) is 4.31 Å². The fourth-order valence-corrected chi connectivity index (χ4v) is 3.82. The summed E-state index contributed by atoms with van der Waals surface area (Å²) in [7, 11) is -3.96. The molecule has 9 heteroatoms. The zero-order valence-electron chi connectivity index (χ0n) is 11.3. The maximum atomic E-state index is 12.6. The van der Waals surface area contributed by atoms with Crippen LogP contribution in [0.4, 0.5) is 0 Å². The molecular formula is C12H16Cl2N2O4S. The smallest absolute Gasteiger partial charge is 0.258 e. The number of carbonyl (C=O) groups is 1. The fraction of sp³-hybridized carbons (Fsp3) is 0.417. The molecule has 6 nitrogen and oxygen atoms in total. The molecule has 1 aromatic carbocycles. The van der Waals surface area contributed by atoms with Gasteiger partial charge in [0.25, 0.3) is 5.91 Å². The van der Waals surface area contributed by atoms with E-state index in [4.69, 9.17) is 28.4 Å². The van der Waals surface area contributed by atoms with E-state index in [0.29, 0.717) is 11.4 Å². The third-order valence-electron chi connectivity index (χ3n) is 2.72. The first kappa shape index (κ1) is 18.2. The van der Waals surface area contributed by atoms with Crippen LogP contribution in [0, 0.1) is 0 Å². The molecule has 0 saturated carbocycles. The van der Waals surface area contributed by atoms with Crippen LogP contribution in [-0.4, -0.2) is 36.9 Å². The maximum Gasteiger partial charge on any atom is 0.258 e. The van der Waals surface area contributed by atoms with E-state index in [-0.39, 0.29) is 16.5 Å². The molecule has 0 heterocycles. The molecule has 21 heavy (non-hydrogen) atoms. The minimum Gasteiger partial charge on any atom is -0.289 e. The molecule has 0 saturated heterocycles. The van der Waals surface area contributed by atoms with Crippen molar-refractivity contribution in [3.05, 3.63) is 28.2 Å². The SMILES string of the molecule is CCCCN(CC(=O)NO)S(=O)(=O)c1ccc(Cl)cc1Cl. The van der Waals surface area contributed by atoms with Crippen LogP contribution in [0.25, 0.3) is 0 Å². The number of hydroxylamine groups is 1. The monoisotopic (exact) mass is 354 g/mol. The Kier molecular flexibility index (Phi) is 6.89. The van der Waals surface area contributed by atoms with Gasteiger partial charge in [-0.25, -0.2) is 13.9 Å². The van der Waals surface area contributed by atoms with Crippen LogP contribution >= 0.6 is 23.2 Å². The number of nitrogens with one attached hydrogen (secondary N) is 1. The van der Waals surface area contributed by atoms with Crippen LogP contribution in [0.15, 0.2) is 23.1 Å². The molecule has 2 N–H and O–H groups in total. The number of sulfonamides is 1. The maximum absolute atomic E-state index is 12.6. The molecule has 0 aliphatic carbocycles. The normalized spacial score (nSPS) is 11.7. The van der Waals surface area contributed by atoms with Gasteiger partial charge in [0.1, 0.15) is 4.90 Å². The molecule has 0 spiro atoms. The summed E-state index contributed by atoms with van der Waals surface area (Å²) >= 11 is 11.7. The van der Waals surface area contributed by atoms with Crippen molar-refractivity contribution in [2.24, 2.45) is 0 Å². The lowest BCUT2D eigenvalue weighted by Crippen LogP contribution is -2.40. The third-order valence-corrected chi connectivity index (χ3v) is 5.28. The van der Waals surface area contributed by atoms with Crippen LogP contribution in [0.5, 0.6) is 0 Å². The minimum absolute atomic E-state index is 0.0200. The van der Waals surface area contributed by atoms with Gasteiger partial charge in [-0.3, -0.25) is 10.0 Å². The van der Waals surface area contributed by atoms with Crippen molar-refractivity contribution in [3.63, 3.8) is 0 Å². The highest BCUT2D eigenvalue weighted by molar-refractivity contribution is 7.89. The van der Waals surface area contributed by atoms with Gasteiger partial charge in [-0.1, -0.05) is 36.5 Å². The quantitative estimate of drug-likeness (QED) is 0.580. The van der Waals surface area contributed by atoms with Crippen molar-refractivity contribution in [3.8, 4) is 0 Å². The van der Waals surface area contributed by atoms with Gasteiger partial charge >= 0.3 is 0 Å². The Bertz CT molecular complexity index is 607. The van der Waals surface area contributed by atoms with E-state index in [1.807, 2.05) is 6.92 Å². The van der Waals surface area contributed by atoms with Crippen molar-refractivity contribution < 1.29 is 18.4 Å². The van der Waals surface area contributed by atoms with E-state index >= 15 is 0 Å². The van der Waals surface area contributed by atoms with Gasteiger partial charge in [0, 0.05) is 11.6 Å². The summed E-state index contributed by atoms with van der Waals surface area (Å²) in [6.45, 7) is 1.55. The molecule has 0 aliphatic rings. The highest BCUT2D eigenvalue weighted by Gasteiger charge is 2.28. The second kappa shape index (κ2) is 7.95. The zero-order chi connectivity index (χ0) is 16.0.